The highest BCUT2D eigenvalue weighted by molar-refractivity contribution is 5.96. The van der Waals surface area contributed by atoms with Crippen LogP contribution in [0, 0.1) is 5.92 Å². The van der Waals surface area contributed by atoms with Crippen molar-refractivity contribution in [2.75, 3.05) is 37.4 Å². The van der Waals surface area contributed by atoms with Gasteiger partial charge in [0.25, 0.3) is 0 Å². The summed E-state index contributed by atoms with van der Waals surface area (Å²) < 4.78 is 1.78. The van der Waals surface area contributed by atoms with Gasteiger partial charge in [0, 0.05) is 46.3 Å². The lowest BCUT2D eigenvalue weighted by Crippen LogP contribution is -2.28. The molecule has 0 unspecified atom stereocenters. The first kappa shape index (κ1) is 15.6. The van der Waals surface area contributed by atoms with Crippen molar-refractivity contribution in [3.05, 3.63) is 42.2 Å². The highest BCUT2D eigenvalue weighted by Gasteiger charge is 2.34. The van der Waals surface area contributed by atoms with Crippen LogP contribution in [0.5, 0.6) is 0 Å². The summed E-state index contributed by atoms with van der Waals surface area (Å²) in [4.78, 5) is 14.8. The summed E-state index contributed by atoms with van der Waals surface area (Å²) in [5.74, 6) is 0.128. The molecule has 0 radical (unpaired) electrons. The van der Waals surface area contributed by atoms with E-state index in [9.17, 15) is 4.79 Å². The van der Waals surface area contributed by atoms with Gasteiger partial charge >= 0.3 is 0 Å². The van der Waals surface area contributed by atoms with Gasteiger partial charge in [-0.2, -0.15) is 5.10 Å². The van der Waals surface area contributed by atoms with Crippen LogP contribution in [-0.2, 0) is 11.8 Å². The number of hydrogen-bond acceptors (Lipinski definition) is 4. The van der Waals surface area contributed by atoms with Gasteiger partial charge in [-0.25, -0.2) is 0 Å². The Kier molecular flexibility index (Phi) is 4.34. The molecule has 2 atom stereocenters. The summed E-state index contributed by atoms with van der Waals surface area (Å²) in [6.45, 7) is 1.49. The Labute approximate surface area is 136 Å². The van der Waals surface area contributed by atoms with Crippen molar-refractivity contribution >= 4 is 17.3 Å². The zero-order valence-electron chi connectivity index (χ0n) is 13.8. The highest BCUT2D eigenvalue weighted by atomic mass is 16.2. The number of hydrogen-bond donors (Lipinski definition) is 2. The van der Waals surface area contributed by atoms with Gasteiger partial charge in [0.15, 0.2) is 0 Å². The third-order valence-corrected chi connectivity index (χ3v) is 4.35. The Morgan fingerprint density at radius 3 is 2.83 bits per heavy atom. The number of rotatable bonds is 4. The number of carbonyl (C=O) groups is 1. The molecule has 1 saturated heterocycles. The van der Waals surface area contributed by atoms with E-state index in [1.54, 1.807) is 4.68 Å². The van der Waals surface area contributed by atoms with Gasteiger partial charge in [0.2, 0.25) is 5.91 Å². The van der Waals surface area contributed by atoms with Crippen molar-refractivity contribution in [2.45, 2.75) is 5.92 Å². The second-order valence-corrected chi connectivity index (χ2v) is 6.22. The van der Waals surface area contributed by atoms with Crippen LogP contribution in [0.3, 0.4) is 0 Å². The summed E-state index contributed by atoms with van der Waals surface area (Å²) in [6.07, 6.45) is 3.84. The molecule has 2 N–H and O–H groups in total. The fourth-order valence-corrected chi connectivity index (χ4v) is 3.13. The molecule has 3 rings (SSSR count). The van der Waals surface area contributed by atoms with E-state index in [-0.39, 0.29) is 17.7 Å². The highest BCUT2D eigenvalue weighted by Crippen LogP contribution is 2.30. The molecule has 0 aliphatic carbocycles. The molecule has 2 heterocycles. The lowest BCUT2D eigenvalue weighted by molar-refractivity contribution is -0.119. The summed E-state index contributed by atoms with van der Waals surface area (Å²) in [6, 6.07) is 7.85. The summed E-state index contributed by atoms with van der Waals surface area (Å²) in [5.41, 5.74) is 2.96. The lowest BCUT2D eigenvalue weighted by atomic mass is 9.90. The van der Waals surface area contributed by atoms with Crippen LogP contribution in [0.25, 0.3) is 0 Å². The zero-order chi connectivity index (χ0) is 16.4. The molecule has 1 amide bonds. The Balaban J connectivity index is 1.78. The monoisotopic (exact) mass is 313 g/mol. The number of para-hydroxylation sites is 2. The molecular weight excluding hydrogens is 290 g/mol. The minimum atomic E-state index is -0.0885. The minimum absolute atomic E-state index is 0.0538. The Bertz CT molecular complexity index is 694. The molecule has 1 fully saturated rings. The topological polar surface area (TPSA) is 62.2 Å². The van der Waals surface area contributed by atoms with E-state index < -0.39 is 0 Å². The molecule has 0 spiro atoms. The van der Waals surface area contributed by atoms with Crippen LogP contribution in [0.2, 0.25) is 0 Å². The van der Waals surface area contributed by atoms with Crippen molar-refractivity contribution < 1.29 is 4.79 Å². The maximum atomic E-state index is 12.8. The first-order valence-electron chi connectivity index (χ1n) is 7.82. The normalized spacial score (nSPS) is 20.5. The number of aryl methyl sites for hydroxylation is 1. The number of nitrogens with one attached hydrogen (secondary N) is 2. The van der Waals surface area contributed by atoms with E-state index in [1.165, 1.54) is 0 Å². The summed E-state index contributed by atoms with van der Waals surface area (Å²) in [7, 11) is 5.84. The average molecular weight is 313 g/mol. The van der Waals surface area contributed by atoms with E-state index in [1.807, 2.05) is 62.7 Å². The molecule has 2 aromatic rings. The first-order chi connectivity index (χ1) is 11.1. The standard InChI is InChI=1S/C17H23N5O/c1-21(2)16-7-5-4-6-15(16)20-17(23)14-10-18-9-13(14)12-8-19-22(3)11-12/h4-8,11,13-14,18H,9-10H2,1-3H3,(H,20,23)/t13-,14+/m1/s1. The van der Waals surface area contributed by atoms with Gasteiger partial charge in [-0.15, -0.1) is 0 Å². The maximum absolute atomic E-state index is 12.8. The molecule has 0 saturated carbocycles. The summed E-state index contributed by atoms with van der Waals surface area (Å²) in [5, 5.41) is 10.6. The van der Waals surface area contributed by atoms with Crippen LogP contribution < -0.4 is 15.5 Å². The van der Waals surface area contributed by atoms with Crippen LogP contribution in [-0.4, -0.2) is 42.9 Å². The predicted octanol–water partition coefficient (Wildman–Crippen LogP) is 1.43. The maximum Gasteiger partial charge on any atom is 0.229 e. The SMILES string of the molecule is CN(C)c1ccccc1NC(=O)[C@H]1CNC[C@@H]1c1cnn(C)c1. The zero-order valence-corrected chi connectivity index (χ0v) is 13.8. The van der Waals surface area contributed by atoms with E-state index in [0.717, 1.165) is 23.5 Å². The third kappa shape index (κ3) is 3.22. The van der Waals surface area contributed by atoms with E-state index in [0.29, 0.717) is 6.54 Å². The van der Waals surface area contributed by atoms with Gasteiger partial charge in [-0.1, -0.05) is 12.1 Å². The van der Waals surface area contributed by atoms with E-state index in [2.05, 4.69) is 15.7 Å². The molecule has 6 nitrogen and oxygen atoms in total. The Morgan fingerprint density at radius 1 is 1.35 bits per heavy atom. The van der Waals surface area contributed by atoms with Crippen molar-refractivity contribution in [3.8, 4) is 0 Å². The molecule has 1 aromatic heterocycles. The van der Waals surface area contributed by atoms with Crippen LogP contribution in [0.15, 0.2) is 36.7 Å². The molecular formula is C17H23N5O. The van der Waals surface area contributed by atoms with Gasteiger partial charge in [0.1, 0.15) is 0 Å². The quantitative estimate of drug-likeness (QED) is 0.896. The second-order valence-electron chi connectivity index (χ2n) is 6.22. The predicted molar refractivity (Wildman–Crippen MR) is 91.7 cm³/mol. The van der Waals surface area contributed by atoms with Crippen molar-refractivity contribution in [1.29, 1.82) is 0 Å². The molecule has 0 bridgehead atoms. The molecule has 23 heavy (non-hydrogen) atoms. The van der Waals surface area contributed by atoms with Gasteiger partial charge in [-0.05, 0) is 17.7 Å². The van der Waals surface area contributed by atoms with Gasteiger partial charge in [-0.3, -0.25) is 9.48 Å². The smallest absolute Gasteiger partial charge is 0.229 e. The van der Waals surface area contributed by atoms with Crippen LogP contribution in [0.4, 0.5) is 11.4 Å². The number of amides is 1. The molecule has 1 aliphatic rings. The van der Waals surface area contributed by atoms with Crippen molar-refractivity contribution in [2.24, 2.45) is 13.0 Å². The fraction of sp³-hybridized carbons (Fsp3) is 0.412. The lowest BCUT2D eigenvalue weighted by Gasteiger charge is -2.21. The molecule has 1 aromatic carbocycles. The van der Waals surface area contributed by atoms with Crippen molar-refractivity contribution in [3.63, 3.8) is 0 Å². The second kappa shape index (κ2) is 6.42. The average Bonchev–Trinajstić information content (AvgIpc) is 3.15. The van der Waals surface area contributed by atoms with Gasteiger partial charge in [0.05, 0.1) is 23.5 Å². The largest absolute Gasteiger partial charge is 0.376 e. The van der Waals surface area contributed by atoms with E-state index in [4.69, 9.17) is 0 Å². The Morgan fingerprint density at radius 2 is 2.13 bits per heavy atom. The number of carbonyl (C=O) groups excluding carboxylic acids is 1. The van der Waals surface area contributed by atoms with E-state index >= 15 is 0 Å². The van der Waals surface area contributed by atoms with Crippen LogP contribution >= 0.6 is 0 Å². The molecule has 122 valence electrons. The number of aromatic nitrogens is 2. The number of anilines is 2. The summed E-state index contributed by atoms with van der Waals surface area (Å²) >= 11 is 0. The first-order valence-corrected chi connectivity index (χ1v) is 7.82. The minimum Gasteiger partial charge on any atom is -0.376 e. The number of nitrogens with zero attached hydrogens (tertiary/aromatic N) is 3. The number of benzene rings is 1. The van der Waals surface area contributed by atoms with Gasteiger partial charge < -0.3 is 15.5 Å². The van der Waals surface area contributed by atoms with Crippen molar-refractivity contribution in [1.82, 2.24) is 15.1 Å². The Hall–Kier alpha value is -2.34. The molecule has 6 heteroatoms. The fourth-order valence-electron chi connectivity index (χ4n) is 3.13. The van der Waals surface area contributed by atoms with Crippen LogP contribution in [0.1, 0.15) is 11.5 Å². The molecule has 1 aliphatic heterocycles. The third-order valence-electron chi connectivity index (χ3n) is 4.35.